The Morgan fingerprint density at radius 2 is 1.75 bits per heavy atom. The molecule has 3 aromatic carbocycles. The van der Waals surface area contributed by atoms with Gasteiger partial charge in [-0.25, -0.2) is 0 Å². The standard InChI is InChI=1S/C23H26N2O3/c1-16(25(2)15-19-10-7-11-21(27-3)22(19)28-4)23(26)24-20-13-12-17-8-5-6-9-18(17)14-20/h5-14,16H,15H2,1-4H3,(H,24,26)/p+1/t16-/m0/s1. The SMILES string of the molecule is COc1cccc(C[NH+](C)[C@@H](C)C(=O)Nc2ccc3ccccc3c2)c1OC. The Labute approximate surface area is 165 Å². The van der Waals surface area contributed by atoms with Crippen molar-refractivity contribution >= 4 is 22.4 Å². The van der Waals surface area contributed by atoms with Gasteiger partial charge in [-0.2, -0.15) is 0 Å². The van der Waals surface area contributed by atoms with Crippen LogP contribution in [0.2, 0.25) is 0 Å². The van der Waals surface area contributed by atoms with Crippen LogP contribution in [0, 0.1) is 0 Å². The minimum atomic E-state index is -0.234. The van der Waals surface area contributed by atoms with Crippen molar-refractivity contribution in [2.75, 3.05) is 26.6 Å². The number of hydrogen-bond acceptors (Lipinski definition) is 3. The van der Waals surface area contributed by atoms with Gasteiger partial charge in [0, 0.05) is 5.69 Å². The van der Waals surface area contributed by atoms with Crippen molar-refractivity contribution in [3.63, 3.8) is 0 Å². The molecule has 28 heavy (non-hydrogen) atoms. The van der Waals surface area contributed by atoms with E-state index in [1.807, 2.05) is 68.6 Å². The molecule has 146 valence electrons. The number of amides is 1. The molecule has 0 fully saturated rings. The van der Waals surface area contributed by atoms with E-state index in [1.165, 1.54) is 0 Å². The third-order valence-corrected chi connectivity index (χ3v) is 5.10. The molecule has 3 aromatic rings. The molecule has 0 aliphatic rings. The summed E-state index contributed by atoms with van der Waals surface area (Å²) in [6, 6.07) is 19.6. The van der Waals surface area contributed by atoms with Crippen molar-refractivity contribution < 1.29 is 19.2 Å². The van der Waals surface area contributed by atoms with Gasteiger partial charge < -0.3 is 19.7 Å². The zero-order valence-electron chi connectivity index (χ0n) is 16.8. The number of para-hydroxylation sites is 1. The number of benzene rings is 3. The highest BCUT2D eigenvalue weighted by molar-refractivity contribution is 5.96. The van der Waals surface area contributed by atoms with Gasteiger partial charge in [0.15, 0.2) is 17.5 Å². The quantitative estimate of drug-likeness (QED) is 0.664. The largest absolute Gasteiger partial charge is 0.493 e. The van der Waals surface area contributed by atoms with Crippen LogP contribution in [0.5, 0.6) is 11.5 Å². The maximum absolute atomic E-state index is 12.8. The molecule has 0 aliphatic carbocycles. The summed E-state index contributed by atoms with van der Waals surface area (Å²) in [6.07, 6.45) is 0. The minimum Gasteiger partial charge on any atom is -0.493 e. The molecule has 0 aromatic heterocycles. The Morgan fingerprint density at radius 3 is 2.46 bits per heavy atom. The van der Waals surface area contributed by atoms with Gasteiger partial charge in [0.2, 0.25) is 0 Å². The van der Waals surface area contributed by atoms with Gasteiger partial charge in [-0.15, -0.1) is 0 Å². The molecule has 0 saturated carbocycles. The number of carbonyl (C=O) groups excluding carboxylic acids is 1. The van der Waals surface area contributed by atoms with Crippen LogP contribution in [0.4, 0.5) is 5.69 Å². The van der Waals surface area contributed by atoms with Gasteiger partial charge in [-0.3, -0.25) is 4.79 Å². The van der Waals surface area contributed by atoms with Crippen LogP contribution >= 0.6 is 0 Å². The molecule has 0 radical (unpaired) electrons. The van der Waals surface area contributed by atoms with Crippen LogP contribution in [0.25, 0.3) is 10.8 Å². The highest BCUT2D eigenvalue weighted by atomic mass is 16.5. The van der Waals surface area contributed by atoms with Crippen LogP contribution in [-0.4, -0.2) is 33.2 Å². The Hall–Kier alpha value is -3.05. The lowest BCUT2D eigenvalue weighted by Gasteiger charge is -2.22. The number of rotatable bonds is 7. The number of fused-ring (bicyclic) bond motifs is 1. The lowest BCUT2D eigenvalue weighted by Crippen LogP contribution is -3.12. The van der Waals surface area contributed by atoms with Gasteiger partial charge in [0.1, 0.15) is 6.54 Å². The van der Waals surface area contributed by atoms with Gasteiger partial charge >= 0.3 is 0 Å². The van der Waals surface area contributed by atoms with E-state index in [0.29, 0.717) is 18.0 Å². The molecule has 5 heteroatoms. The van der Waals surface area contributed by atoms with Gasteiger partial charge in [-0.1, -0.05) is 36.4 Å². The van der Waals surface area contributed by atoms with Crippen molar-refractivity contribution in [2.45, 2.75) is 19.5 Å². The smallest absolute Gasteiger partial charge is 0.282 e. The first-order valence-corrected chi connectivity index (χ1v) is 9.35. The van der Waals surface area contributed by atoms with E-state index >= 15 is 0 Å². The Kier molecular flexibility index (Phi) is 6.16. The number of carbonyl (C=O) groups is 1. The van der Waals surface area contributed by atoms with E-state index in [2.05, 4.69) is 11.4 Å². The van der Waals surface area contributed by atoms with E-state index in [-0.39, 0.29) is 11.9 Å². The molecule has 0 heterocycles. The molecular weight excluding hydrogens is 352 g/mol. The fraction of sp³-hybridized carbons (Fsp3) is 0.261. The van der Waals surface area contributed by atoms with Crippen molar-refractivity contribution in [1.82, 2.24) is 0 Å². The summed E-state index contributed by atoms with van der Waals surface area (Å²) in [5, 5.41) is 5.30. The van der Waals surface area contributed by atoms with Crippen LogP contribution in [0.1, 0.15) is 12.5 Å². The molecule has 0 spiro atoms. The normalized spacial score (nSPS) is 13.0. The molecule has 2 atom stereocenters. The Morgan fingerprint density at radius 1 is 1.00 bits per heavy atom. The monoisotopic (exact) mass is 379 g/mol. The summed E-state index contributed by atoms with van der Waals surface area (Å²) in [6.45, 7) is 2.57. The average molecular weight is 379 g/mol. The van der Waals surface area contributed by atoms with E-state index < -0.39 is 0 Å². The van der Waals surface area contributed by atoms with Crippen molar-refractivity contribution in [3.8, 4) is 11.5 Å². The van der Waals surface area contributed by atoms with Crippen LogP contribution in [0.3, 0.4) is 0 Å². The number of hydrogen-bond donors (Lipinski definition) is 2. The summed E-state index contributed by atoms with van der Waals surface area (Å²) >= 11 is 0. The summed E-state index contributed by atoms with van der Waals surface area (Å²) in [4.78, 5) is 13.8. The maximum Gasteiger partial charge on any atom is 0.282 e. The molecule has 1 amide bonds. The first-order valence-electron chi connectivity index (χ1n) is 9.35. The molecule has 0 saturated heterocycles. The second-order valence-corrected chi connectivity index (χ2v) is 6.95. The van der Waals surface area contributed by atoms with E-state index in [9.17, 15) is 4.79 Å². The van der Waals surface area contributed by atoms with Crippen LogP contribution in [-0.2, 0) is 11.3 Å². The molecular formula is C23H27N2O3+. The zero-order valence-corrected chi connectivity index (χ0v) is 16.8. The van der Waals surface area contributed by atoms with Crippen LogP contribution < -0.4 is 19.7 Å². The van der Waals surface area contributed by atoms with Gasteiger partial charge in [-0.05, 0) is 42.0 Å². The number of quaternary nitrogens is 1. The average Bonchev–Trinajstić information content (AvgIpc) is 2.72. The summed E-state index contributed by atoms with van der Waals surface area (Å²) in [5.41, 5.74) is 1.81. The molecule has 5 nitrogen and oxygen atoms in total. The lowest BCUT2D eigenvalue weighted by molar-refractivity contribution is -0.907. The predicted molar refractivity (Wildman–Crippen MR) is 112 cm³/mol. The second-order valence-electron chi connectivity index (χ2n) is 6.95. The topological polar surface area (TPSA) is 52.0 Å². The highest BCUT2D eigenvalue weighted by Crippen LogP contribution is 2.30. The number of methoxy groups -OCH3 is 2. The van der Waals surface area contributed by atoms with Crippen LogP contribution in [0.15, 0.2) is 60.7 Å². The fourth-order valence-corrected chi connectivity index (χ4v) is 3.29. The fourth-order valence-electron chi connectivity index (χ4n) is 3.29. The van der Waals surface area contributed by atoms with E-state index in [0.717, 1.165) is 26.9 Å². The summed E-state index contributed by atoms with van der Waals surface area (Å²) in [5.74, 6) is 1.39. The summed E-state index contributed by atoms with van der Waals surface area (Å²) in [7, 11) is 5.26. The first-order chi connectivity index (χ1) is 13.5. The number of ether oxygens (including phenoxy) is 2. The Balaban J connectivity index is 1.70. The van der Waals surface area contributed by atoms with Crippen molar-refractivity contribution in [2.24, 2.45) is 0 Å². The van der Waals surface area contributed by atoms with Crippen molar-refractivity contribution in [3.05, 3.63) is 66.2 Å². The van der Waals surface area contributed by atoms with E-state index in [4.69, 9.17) is 9.47 Å². The van der Waals surface area contributed by atoms with Gasteiger partial charge in [0.25, 0.3) is 5.91 Å². The molecule has 3 rings (SSSR count). The molecule has 0 bridgehead atoms. The predicted octanol–water partition coefficient (Wildman–Crippen LogP) is 2.90. The third kappa shape index (κ3) is 4.26. The lowest BCUT2D eigenvalue weighted by atomic mass is 10.1. The number of likely N-dealkylation sites (N-methyl/N-ethyl adjacent to an activating group) is 1. The van der Waals surface area contributed by atoms with E-state index in [1.54, 1.807) is 14.2 Å². The number of nitrogens with one attached hydrogen (secondary N) is 2. The van der Waals surface area contributed by atoms with Gasteiger partial charge in [0.05, 0.1) is 26.8 Å². The number of anilines is 1. The minimum absolute atomic E-state index is 0.0188. The zero-order chi connectivity index (χ0) is 20.1. The maximum atomic E-state index is 12.8. The Bertz CT molecular complexity index is 971. The van der Waals surface area contributed by atoms with Crippen molar-refractivity contribution in [1.29, 1.82) is 0 Å². The first kappa shape index (κ1) is 19.7. The molecule has 2 N–H and O–H groups in total. The third-order valence-electron chi connectivity index (χ3n) is 5.10. The summed E-state index contributed by atoms with van der Waals surface area (Å²) < 4.78 is 10.9. The molecule has 0 aliphatic heterocycles. The molecule has 1 unspecified atom stereocenters. The second kappa shape index (κ2) is 8.76. The highest BCUT2D eigenvalue weighted by Gasteiger charge is 2.24.